The lowest BCUT2D eigenvalue weighted by Crippen LogP contribution is -2.08. The molecule has 4 heterocycles. The zero-order valence-electron chi connectivity index (χ0n) is 21.1. The molecule has 38 heavy (non-hydrogen) atoms. The van der Waals surface area contributed by atoms with E-state index in [1.165, 1.54) is 0 Å². The lowest BCUT2D eigenvalue weighted by molar-refractivity contribution is -0.136. The summed E-state index contributed by atoms with van der Waals surface area (Å²) in [7, 11) is 0. The van der Waals surface area contributed by atoms with Gasteiger partial charge < -0.3 is 24.9 Å². The molecule has 3 aromatic heterocycles. The molecule has 3 N–H and O–H groups in total. The fraction of sp³-hybridized carbons (Fsp3) is 0.233. The predicted octanol–water partition coefficient (Wildman–Crippen LogP) is 5.31. The highest BCUT2D eigenvalue weighted by Crippen LogP contribution is 2.35. The van der Waals surface area contributed by atoms with Gasteiger partial charge in [-0.05, 0) is 48.1 Å². The van der Waals surface area contributed by atoms with Gasteiger partial charge in [0.15, 0.2) is 0 Å². The molecule has 1 atom stereocenters. The van der Waals surface area contributed by atoms with E-state index in [0.29, 0.717) is 23.7 Å². The maximum atomic E-state index is 11.5. The Hall–Kier alpha value is -4.43. The number of carboxylic acid groups (broad SMARTS) is 1. The van der Waals surface area contributed by atoms with Crippen molar-refractivity contribution in [3.8, 4) is 16.9 Å². The summed E-state index contributed by atoms with van der Waals surface area (Å²) < 4.78 is 14.1. The van der Waals surface area contributed by atoms with E-state index in [1.54, 1.807) is 6.20 Å². The molecule has 0 saturated carbocycles. The van der Waals surface area contributed by atoms with Gasteiger partial charge in [-0.3, -0.25) is 4.79 Å². The third-order valence-corrected chi connectivity index (χ3v) is 7.28. The van der Waals surface area contributed by atoms with Gasteiger partial charge in [0.25, 0.3) is 0 Å². The summed E-state index contributed by atoms with van der Waals surface area (Å²) in [4.78, 5) is 20.6. The highest BCUT2D eigenvalue weighted by molar-refractivity contribution is 6.02. The Morgan fingerprint density at radius 3 is 2.84 bits per heavy atom. The molecule has 2 aromatic carbocycles. The first-order chi connectivity index (χ1) is 18.5. The molecule has 1 aliphatic rings. The van der Waals surface area contributed by atoms with E-state index in [1.807, 2.05) is 49.5 Å². The van der Waals surface area contributed by atoms with Gasteiger partial charge in [-0.15, -0.1) is 0 Å². The molecule has 1 unspecified atom stereocenters. The van der Waals surface area contributed by atoms with Crippen LogP contribution in [-0.2, 0) is 22.6 Å². The number of nitrogen functional groups attached to an aromatic ring is 1. The Labute approximate surface area is 219 Å². The Morgan fingerprint density at radius 2 is 2.03 bits per heavy atom. The maximum absolute atomic E-state index is 11.5. The maximum Gasteiger partial charge on any atom is 0.307 e. The van der Waals surface area contributed by atoms with Gasteiger partial charge in [0, 0.05) is 52.7 Å². The number of carboxylic acids is 1. The monoisotopic (exact) mass is 508 g/mol. The minimum atomic E-state index is -0.887. The zero-order valence-corrected chi connectivity index (χ0v) is 21.1. The van der Waals surface area contributed by atoms with Gasteiger partial charge in [0.05, 0.1) is 19.1 Å². The number of aromatic nitrogens is 3. The number of carbonyl (C=O) groups is 1. The minimum Gasteiger partial charge on any atom is -0.489 e. The lowest BCUT2D eigenvalue weighted by atomic mass is 9.99. The van der Waals surface area contributed by atoms with Crippen molar-refractivity contribution < 1.29 is 19.4 Å². The van der Waals surface area contributed by atoms with Crippen molar-refractivity contribution in [2.45, 2.75) is 32.4 Å². The Balaban J connectivity index is 1.44. The van der Waals surface area contributed by atoms with Crippen molar-refractivity contribution in [1.82, 2.24) is 14.5 Å². The Morgan fingerprint density at radius 1 is 1.16 bits per heavy atom. The van der Waals surface area contributed by atoms with Crippen molar-refractivity contribution in [1.29, 1.82) is 0 Å². The van der Waals surface area contributed by atoms with E-state index in [0.717, 1.165) is 57.1 Å². The Bertz CT molecular complexity index is 1670. The van der Waals surface area contributed by atoms with E-state index in [4.69, 9.17) is 20.2 Å². The van der Waals surface area contributed by atoms with Crippen LogP contribution in [0.4, 0.5) is 5.82 Å². The topological polar surface area (TPSA) is 112 Å². The van der Waals surface area contributed by atoms with Crippen LogP contribution in [0.1, 0.15) is 29.2 Å². The highest BCUT2D eigenvalue weighted by Gasteiger charge is 2.23. The molecule has 0 amide bonds. The number of fused-ring (bicyclic) bond motifs is 2. The summed E-state index contributed by atoms with van der Waals surface area (Å²) in [5, 5.41) is 12.3. The van der Waals surface area contributed by atoms with Crippen molar-refractivity contribution >= 4 is 33.6 Å². The highest BCUT2D eigenvalue weighted by atomic mass is 16.5. The Kier molecular flexibility index (Phi) is 6.17. The number of hydrogen-bond donors (Lipinski definition) is 2. The summed E-state index contributed by atoms with van der Waals surface area (Å²) in [6.45, 7) is 3.55. The number of aliphatic carboxylic acids is 1. The van der Waals surface area contributed by atoms with E-state index in [-0.39, 0.29) is 19.1 Å². The molecular formula is C30H28N4O4. The molecule has 8 heteroatoms. The number of nitrogens with two attached hydrogens (primary N) is 1. The summed E-state index contributed by atoms with van der Waals surface area (Å²) in [5.74, 6) is 0.190. The second kappa shape index (κ2) is 9.79. The average Bonchev–Trinajstić information content (AvgIpc) is 3.57. The lowest BCUT2D eigenvalue weighted by Gasteiger charge is -2.12. The summed E-state index contributed by atoms with van der Waals surface area (Å²) in [6, 6.07) is 15.9. The second-order valence-corrected chi connectivity index (χ2v) is 9.68. The van der Waals surface area contributed by atoms with Crippen molar-refractivity contribution in [2.24, 2.45) is 0 Å². The number of aryl methyl sites for hydroxylation is 1. The molecule has 8 nitrogen and oxygen atoms in total. The molecule has 1 saturated heterocycles. The third-order valence-electron chi connectivity index (χ3n) is 7.28. The van der Waals surface area contributed by atoms with Gasteiger partial charge in [-0.1, -0.05) is 30.3 Å². The van der Waals surface area contributed by atoms with Gasteiger partial charge in [0.1, 0.15) is 23.8 Å². The van der Waals surface area contributed by atoms with Crippen molar-refractivity contribution in [3.05, 3.63) is 83.8 Å². The fourth-order valence-electron chi connectivity index (χ4n) is 5.31. The summed E-state index contributed by atoms with van der Waals surface area (Å²) in [6.07, 6.45) is 6.55. The smallest absolute Gasteiger partial charge is 0.307 e. The van der Waals surface area contributed by atoms with E-state index in [9.17, 15) is 9.90 Å². The van der Waals surface area contributed by atoms with Gasteiger partial charge >= 0.3 is 5.97 Å². The van der Waals surface area contributed by atoms with E-state index >= 15 is 0 Å². The normalized spacial score (nSPS) is 15.3. The van der Waals surface area contributed by atoms with Crippen LogP contribution in [0.3, 0.4) is 0 Å². The first-order valence-electron chi connectivity index (χ1n) is 12.6. The molecule has 6 rings (SSSR count). The standard InChI is InChI=1S/C30H28N4O4/c1-18-4-2-7-27(25(18)13-28(35)36)38-16-20-15-34(21-9-11-37-17-21)30-26(20)12-19(14-33-30)22-5-3-6-24-23(22)8-10-32-29(24)31/h2-8,10,12,14-15,21H,9,11,13,16-17H2,1H3,(H2,31,32)(H,35,36). The van der Waals surface area contributed by atoms with E-state index in [2.05, 4.69) is 27.9 Å². The number of anilines is 1. The molecule has 192 valence electrons. The fourth-order valence-corrected chi connectivity index (χ4v) is 5.31. The largest absolute Gasteiger partial charge is 0.489 e. The number of nitrogens with zero attached hydrogens (tertiary/aromatic N) is 3. The molecule has 0 spiro atoms. The molecule has 1 aliphatic heterocycles. The van der Waals surface area contributed by atoms with Crippen LogP contribution < -0.4 is 10.5 Å². The van der Waals surface area contributed by atoms with Crippen LogP contribution in [0.25, 0.3) is 32.9 Å². The van der Waals surface area contributed by atoms with Gasteiger partial charge in [-0.25, -0.2) is 9.97 Å². The van der Waals surface area contributed by atoms with Crippen LogP contribution in [0.2, 0.25) is 0 Å². The average molecular weight is 509 g/mol. The van der Waals surface area contributed by atoms with Crippen LogP contribution >= 0.6 is 0 Å². The van der Waals surface area contributed by atoms with E-state index < -0.39 is 5.97 Å². The first-order valence-corrected chi connectivity index (χ1v) is 12.6. The number of hydrogen-bond acceptors (Lipinski definition) is 6. The van der Waals surface area contributed by atoms with Crippen LogP contribution in [0, 0.1) is 6.92 Å². The van der Waals surface area contributed by atoms with Gasteiger partial charge in [0.2, 0.25) is 0 Å². The molecule has 1 fully saturated rings. The predicted molar refractivity (Wildman–Crippen MR) is 146 cm³/mol. The van der Waals surface area contributed by atoms with Gasteiger partial charge in [-0.2, -0.15) is 0 Å². The molecule has 0 aliphatic carbocycles. The number of pyridine rings is 2. The molecule has 0 radical (unpaired) electrons. The molecule has 5 aromatic rings. The first kappa shape index (κ1) is 23.9. The van der Waals surface area contributed by atoms with Crippen molar-refractivity contribution in [3.63, 3.8) is 0 Å². The minimum absolute atomic E-state index is 0.0893. The van der Waals surface area contributed by atoms with Crippen LogP contribution in [0.15, 0.2) is 67.1 Å². The third kappa shape index (κ3) is 4.33. The van der Waals surface area contributed by atoms with Crippen molar-refractivity contribution in [2.75, 3.05) is 18.9 Å². The second-order valence-electron chi connectivity index (χ2n) is 9.68. The molecule has 0 bridgehead atoms. The number of ether oxygens (including phenoxy) is 2. The number of benzene rings is 2. The summed E-state index contributed by atoms with van der Waals surface area (Å²) >= 11 is 0. The zero-order chi connectivity index (χ0) is 26.2. The molecular weight excluding hydrogens is 480 g/mol. The number of rotatable bonds is 7. The van der Waals surface area contributed by atoms with Crippen LogP contribution in [0.5, 0.6) is 5.75 Å². The SMILES string of the molecule is Cc1cccc(OCc2cn(C3CCOC3)c3ncc(-c4cccc5c(N)nccc45)cc23)c1CC(=O)O. The summed E-state index contributed by atoms with van der Waals surface area (Å²) in [5.41, 5.74) is 11.6. The quantitative estimate of drug-likeness (QED) is 0.306. The van der Waals surface area contributed by atoms with Crippen LogP contribution in [-0.4, -0.2) is 38.8 Å².